The van der Waals surface area contributed by atoms with E-state index in [1.807, 2.05) is 13.8 Å². The fraction of sp³-hybridized carbons (Fsp3) is 0.944. The second-order valence-corrected chi connectivity index (χ2v) is 12.2. The first-order chi connectivity index (χ1) is 20.2. The van der Waals surface area contributed by atoms with Crippen molar-refractivity contribution >= 4 is 11.9 Å². The van der Waals surface area contributed by atoms with Gasteiger partial charge in [-0.3, -0.25) is 9.59 Å². The van der Waals surface area contributed by atoms with Crippen LogP contribution in [0.4, 0.5) is 0 Å². The molecule has 0 aromatic heterocycles. The molecule has 254 valence electrons. The summed E-state index contributed by atoms with van der Waals surface area (Å²) in [5, 5.41) is 24.4. The van der Waals surface area contributed by atoms with Crippen LogP contribution in [-0.4, -0.2) is 46.1 Å². The third kappa shape index (κ3) is 51.6. The molecule has 0 spiro atoms. The van der Waals surface area contributed by atoms with Crippen LogP contribution in [0.15, 0.2) is 0 Å². The van der Waals surface area contributed by atoms with Gasteiger partial charge in [0.25, 0.3) is 0 Å². The Bertz CT molecular complexity index is 521. The average molecular weight is 603 g/mol. The Morgan fingerprint density at radius 1 is 0.524 bits per heavy atom. The predicted molar refractivity (Wildman–Crippen MR) is 179 cm³/mol. The number of unbranched alkanes of at least 4 members (excludes halogenated alkanes) is 22. The maximum absolute atomic E-state index is 11.4. The Morgan fingerprint density at radius 2 is 0.786 bits per heavy atom. The number of hydrogen-bond acceptors (Lipinski definition) is 5. The number of carboxylic acid groups (broad SMARTS) is 1. The lowest BCUT2D eigenvalue weighted by molar-refractivity contribution is -0.147. The predicted octanol–water partition coefficient (Wildman–Crippen LogP) is 10.6. The summed E-state index contributed by atoms with van der Waals surface area (Å²) in [7, 11) is 0. The average Bonchev–Trinajstić information content (AvgIpc) is 2.94. The van der Waals surface area contributed by atoms with Gasteiger partial charge in [-0.05, 0) is 33.6 Å². The van der Waals surface area contributed by atoms with E-state index in [4.69, 9.17) is 20.1 Å². The van der Waals surface area contributed by atoms with Crippen molar-refractivity contribution in [2.75, 3.05) is 6.61 Å². The first kappa shape index (κ1) is 45.3. The summed E-state index contributed by atoms with van der Waals surface area (Å²) in [6, 6.07) is 0. The van der Waals surface area contributed by atoms with E-state index in [1.165, 1.54) is 142 Å². The number of aliphatic hydroxyl groups excluding tert-OH is 2. The molecule has 1 atom stereocenters. The van der Waals surface area contributed by atoms with E-state index in [0.29, 0.717) is 12.8 Å². The van der Waals surface area contributed by atoms with Crippen LogP contribution in [0.3, 0.4) is 0 Å². The second kappa shape index (κ2) is 39.9. The van der Waals surface area contributed by atoms with Crippen LogP contribution in [0.1, 0.15) is 202 Å². The van der Waals surface area contributed by atoms with Crippen molar-refractivity contribution < 1.29 is 29.6 Å². The molecule has 0 fully saturated rings. The molecule has 0 saturated carbocycles. The number of aliphatic carboxylic acids is 1. The van der Waals surface area contributed by atoms with Gasteiger partial charge in [0.1, 0.15) is 0 Å². The minimum absolute atomic E-state index is 0.0267. The molecular formula is C36H74O6. The van der Waals surface area contributed by atoms with Gasteiger partial charge in [0.2, 0.25) is 0 Å². The van der Waals surface area contributed by atoms with Gasteiger partial charge in [-0.1, -0.05) is 155 Å². The van der Waals surface area contributed by atoms with E-state index in [2.05, 4.69) is 13.8 Å². The quantitative estimate of drug-likeness (QED) is 0.0608. The molecule has 0 aliphatic carbocycles. The summed E-state index contributed by atoms with van der Waals surface area (Å²) in [4.78, 5) is 21.6. The van der Waals surface area contributed by atoms with E-state index in [9.17, 15) is 9.59 Å². The van der Waals surface area contributed by atoms with Crippen LogP contribution >= 0.6 is 0 Å². The van der Waals surface area contributed by atoms with Gasteiger partial charge in [-0.15, -0.1) is 0 Å². The van der Waals surface area contributed by atoms with E-state index in [-0.39, 0.29) is 18.7 Å². The van der Waals surface area contributed by atoms with Crippen LogP contribution in [0, 0.1) is 0 Å². The molecule has 0 heterocycles. The lowest BCUT2D eigenvalue weighted by Crippen LogP contribution is -2.10. The number of carbonyl (C=O) groups is 2. The van der Waals surface area contributed by atoms with E-state index in [0.717, 1.165) is 19.3 Å². The number of carboxylic acids is 1. The molecule has 6 nitrogen and oxygen atoms in total. The zero-order chi connectivity index (χ0) is 32.1. The monoisotopic (exact) mass is 603 g/mol. The van der Waals surface area contributed by atoms with Crippen molar-refractivity contribution in [3.05, 3.63) is 0 Å². The van der Waals surface area contributed by atoms with Gasteiger partial charge in [0.05, 0.1) is 18.8 Å². The minimum atomic E-state index is -0.659. The number of hydrogen-bond donors (Lipinski definition) is 3. The molecule has 0 aliphatic rings. The maximum atomic E-state index is 11.4. The summed E-state index contributed by atoms with van der Waals surface area (Å²) in [5.41, 5.74) is 0. The van der Waals surface area contributed by atoms with Gasteiger partial charge in [-0.2, -0.15) is 0 Å². The molecule has 0 rings (SSSR count). The highest BCUT2D eigenvalue weighted by Gasteiger charge is 2.04. The van der Waals surface area contributed by atoms with Crippen molar-refractivity contribution in [3.63, 3.8) is 0 Å². The Hall–Kier alpha value is -1.14. The SMILES string of the molecule is CC(O)CO.CCCCCCCCCCCC(=O)O.CCCCCCCCCCCCCCCCCC(=O)OC(C)C. The highest BCUT2D eigenvalue weighted by Crippen LogP contribution is 2.14. The van der Waals surface area contributed by atoms with E-state index >= 15 is 0 Å². The standard InChI is InChI=1S/C21H42O2.C12H24O2.C3H8O2/c1-4-5-6-7-8-9-10-11-12-13-14-15-16-17-18-19-21(22)23-20(2)3;1-2-3-4-5-6-7-8-9-10-11-12(13)14;1-3(5)2-4/h20H,4-19H2,1-3H3;2-11H2,1H3,(H,13,14);3-5H,2H2,1H3. The Balaban J connectivity index is -0.000000675. The van der Waals surface area contributed by atoms with Gasteiger partial charge >= 0.3 is 11.9 Å². The molecule has 0 radical (unpaired) electrons. The fourth-order valence-electron chi connectivity index (χ4n) is 4.55. The Morgan fingerprint density at radius 3 is 1.02 bits per heavy atom. The number of rotatable bonds is 28. The first-order valence-electron chi connectivity index (χ1n) is 17.9. The number of ether oxygens (including phenoxy) is 1. The van der Waals surface area contributed by atoms with Crippen molar-refractivity contribution in [2.24, 2.45) is 0 Å². The smallest absolute Gasteiger partial charge is 0.306 e. The Kier molecular flexibility index (Phi) is 43.0. The van der Waals surface area contributed by atoms with Gasteiger partial charge in [-0.25, -0.2) is 0 Å². The molecule has 0 aromatic carbocycles. The second-order valence-electron chi connectivity index (χ2n) is 12.2. The number of esters is 1. The van der Waals surface area contributed by atoms with Gasteiger partial charge in [0, 0.05) is 12.8 Å². The van der Waals surface area contributed by atoms with Gasteiger partial charge < -0.3 is 20.1 Å². The summed E-state index contributed by atoms with van der Waals surface area (Å²) >= 11 is 0. The molecular weight excluding hydrogens is 528 g/mol. The van der Waals surface area contributed by atoms with E-state index in [1.54, 1.807) is 0 Å². The largest absolute Gasteiger partial charge is 0.481 e. The molecule has 0 aliphatic heterocycles. The number of carbonyl (C=O) groups excluding carboxylic acids is 1. The Labute approximate surface area is 261 Å². The topological polar surface area (TPSA) is 104 Å². The highest BCUT2D eigenvalue weighted by atomic mass is 16.5. The van der Waals surface area contributed by atoms with Crippen molar-refractivity contribution in [1.82, 2.24) is 0 Å². The third-order valence-corrected chi connectivity index (χ3v) is 7.11. The fourth-order valence-corrected chi connectivity index (χ4v) is 4.55. The summed E-state index contributed by atoms with van der Waals surface area (Å²) in [5.74, 6) is -0.692. The van der Waals surface area contributed by atoms with Crippen LogP contribution < -0.4 is 0 Å². The van der Waals surface area contributed by atoms with Crippen LogP contribution in [0.5, 0.6) is 0 Å². The molecule has 1 unspecified atom stereocenters. The van der Waals surface area contributed by atoms with Gasteiger partial charge in [0.15, 0.2) is 0 Å². The zero-order valence-electron chi connectivity index (χ0n) is 28.8. The molecule has 0 amide bonds. The molecule has 6 heteroatoms. The van der Waals surface area contributed by atoms with Crippen molar-refractivity contribution in [2.45, 2.75) is 214 Å². The lowest BCUT2D eigenvalue weighted by atomic mass is 10.0. The van der Waals surface area contributed by atoms with E-state index < -0.39 is 12.1 Å². The molecule has 42 heavy (non-hydrogen) atoms. The molecule has 0 bridgehead atoms. The van der Waals surface area contributed by atoms with Crippen LogP contribution in [0.2, 0.25) is 0 Å². The third-order valence-electron chi connectivity index (χ3n) is 7.11. The van der Waals surface area contributed by atoms with Crippen LogP contribution in [0.25, 0.3) is 0 Å². The van der Waals surface area contributed by atoms with Crippen molar-refractivity contribution in [1.29, 1.82) is 0 Å². The molecule has 0 aromatic rings. The normalized spacial score (nSPS) is 11.3. The zero-order valence-corrected chi connectivity index (χ0v) is 28.8. The molecule has 0 saturated heterocycles. The highest BCUT2D eigenvalue weighted by molar-refractivity contribution is 5.69. The summed E-state index contributed by atoms with van der Waals surface area (Å²) < 4.78 is 5.13. The summed E-state index contributed by atoms with van der Waals surface area (Å²) in [6.45, 7) is 9.71. The summed E-state index contributed by atoms with van der Waals surface area (Å²) in [6.07, 6.45) is 31.9. The van der Waals surface area contributed by atoms with Crippen molar-refractivity contribution in [3.8, 4) is 0 Å². The lowest BCUT2D eigenvalue weighted by Gasteiger charge is -2.07. The first-order valence-corrected chi connectivity index (χ1v) is 17.9. The number of aliphatic hydroxyl groups is 2. The molecule has 3 N–H and O–H groups in total. The van der Waals surface area contributed by atoms with Crippen LogP contribution in [-0.2, 0) is 14.3 Å². The minimum Gasteiger partial charge on any atom is -0.481 e. The maximum Gasteiger partial charge on any atom is 0.306 e.